The highest BCUT2D eigenvalue weighted by Gasteiger charge is 2.22. The molecule has 0 radical (unpaired) electrons. The van der Waals surface area contributed by atoms with Crippen LogP contribution in [0.25, 0.3) is 11.3 Å². The first-order valence-corrected chi connectivity index (χ1v) is 7.78. The molecule has 0 atom stereocenters. The second-order valence-corrected chi connectivity index (χ2v) is 5.68. The summed E-state index contributed by atoms with van der Waals surface area (Å²) in [6.45, 7) is 1.69. The van der Waals surface area contributed by atoms with Crippen LogP contribution in [0.5, 0.6) is 0 Å². The topological polar surface area (TPSA) is 76.6 Å². The number of hydrogen-bond donors (Lipinski definition) is 0. The maximum atomic E-state index is 11.5. The first kappa shape index (κ1) is 15.3. The third kappa shape index (κ3) is 3.26. The van der Waals surface area contributed by atoms with Gasteiger partial charge in [-0.3, -0.25) is 14.9 Å². The monoisotopic (exact) mass is 314 g/mol. The second kappa shape index (κ2) is 6.64. The van der Waals surface area contributed by atoms with E-state index in [0.29, 0.717) is 23.3 Å². The van der Waals surface area contributed by atoms with E-state index in [-0.39, 0.29) is 16.4 Å². The number of furan rings is 1. The van der Waals surface area contributed by atoms with E-state index in [2.05, 4.69) is 4.90 Å². The van der Waals surface area contributed by atoms with Gasteiger partial charge in [-0.1, -0.05) is 12.8 Å². The average molecular weight is 314 g/mol. The first-order valence-electron chi connectivity index (χ1n) is 7.78. The maximum absolute atomic E-state index is 11.5. The Balaban J connectivity index is 1.97. The Labute approximate surface area is 133 Å². The average Bonchev–Trinajstić information content (AvgIpc) is 2.89. The van der Waals surface area contributed by atoms with Crippen LogP contribution < -0.4 is 4.90 Å². The van der Waals surface area contributed by atoms with E-state index in [1.165, 1.54) is 18.9 Å². The summed E-state index contributed by atoms with van der Waals surface area (Å²) in [6.07, 6.45) is 5.07. The number of aldehydes is 1. The zero-order valence-corrected chi connectivity index (χ0v) is 12.7. The number of nitro groups is 1. The van der Waals surface area contributed by atoms with Crippen molar-refractivity contribution in [2.24, 2.45) is 0 Å². The molecular weight excluding hydrogens is 296 g/mol. The number of nitrogens with zero attached hydrogens (tertiary/aromatic N) is 2. The Bertz CT molecular complexity index is 715. The molecule has 0 spiro atoms. The summed E-state index contributed by atoms with van der Waals surface area (Å²) in [5, 5.41) is 11.5. The van der Waals surface area contributed by atoms with Gasteiger partial charge >= 0.3 is 0 Å². The Morgan fingerprint density at radius 1 is 1.09 bits per heavy atom. The summed E-state index contributed by atoms with van der Waals surface area (Å²) in [5.74, 6) is 0.664. The highest BCUT2D eigenvalue weighted by atomic mass is 16.6. The molecule has 0 aliphatic carbocycles. The fourth-order valence-corrected chi connectivity index (χ4v) is 2.97. The smallest absolute Gasteiger partial charge is 0.293 e. The van der Waals surface area contributed by atoms with Gasteiger partial charge in [0.05, 0.1) is 4.92 Å². The molecule has 6 nitrogen and oxygen atoms in total. The molecule has 3 rings (SSSR count). The van der Waals surface area contributed by atoms with Crippen LogP contribution in [-0.4, -0.2) is 24.3 Å². The molecule has 1 aromatic carbocycles. The van der Waals surface area contributed by atoms with E-state index in [9.17, 15) is 14.9 Å². The van der Waals surface area contributed by atoms with Crippen molar-refractivity contribution in [3.63, 3.8) is 0 Å². The molecule has 0 bridgehead atoms. The van der Waals surface area contributed by atoms with Gasteiger partial charge in [0.15, 0.2) is 12.0 Å². The number of rotatable bonds is 4. The largest absolute Gasteiger partial charge is 0.453 e. The zero-order chi connectivity index (χ0) is 16.2. The van der Waals surface area contributed by atoms with E-state index < -0.39 is 0 Å². The van der Waals surface area contributed by atoms with Crippen LogP contribution >= 0.6 is 0 Å². The molecule has 1 aliphatic heterocycles. The Morgan fingerprint density at radius 3 is 2.43 bits per heavy atom. The van der Waals surface area contributed by atoms with Crippen LogP contribution in [0.2, 0.25) is 0 Å². The lowest BCUT2D eigenvalue weighted by molar-refractivity contribution is -0.384. The van der Waals surface area contributed by atoms with E-state index in [1.807, 2.05) is 0 Å². The van der Waals surface area contributed by atoms with Crippen LogP contribution in [-0.2, 0) is 0 Å². The Morgan fingerprint density at radius 2 is 1.83 bits per heavy atom. The van der Waals surface area contributed by atoms with Crippen molar-refractivity contribution < 1.29 is 14.1 Å². The highest BCUT2D eigenvalue weighted by molar-refractivity contribution is 5.75. The molecule has 1 aromatic heterocycles. The van der Waals surface area contributed by atoms with Crippen molar-refractivity contribution >= 4 is 17.7 Å². The summed E-state index contributed by atoms with van der Waals surface area (Å²) in [5.41, 5.74) is 1.33. The predicted octanol–water partition coefficient (Wildman–Crippen LogP) is 4.05. The maximum Gasteiger partial charge on any atom is 0.293 e. The molecule has 0 N–H and O–H groups in total. The SMILES string of the molecule is O=Cc1ccc(-c2ccc(N3CCCCCC3)c([N+](=O)[O-])c2)o1. The van der Waals surface area contributed by atoms with Gasteiger partial charge in [-0.25, -0.2) is 0 Å². The molecule has 23 heavy (non-hydrogen) atoms. The first-order chi connectivity index (χ1) is 11.2. The lowest BCUT2D eigenvalue weighted by atomic mass is 10.1. The number of nitro benzene ring substituents is 1. The van der Waals surface area contributed by atoms with Gasteiger partial charge in [-0.15, -0.1) is 0 Å². The fourth-order valence-electron chi connectivity index (χ4n) is 2.97. The molecular formula is C17H18N2O4. The van der Waals surface area contributed by atoms with E-state index in [1.54, 1.807) is 24.3 Å². The van der Waals surface area contributed by atoms with Crippen LogP contribution in [0.1, 0.15) is 36.2 Å². The van der Waals surface area contributed by atoms with Crippen molar-refractivity contribution in [3.05, 3.63) is 46.2 Å². The normalized spacial score (nSPS) is 15.2. The van der Waals surface area contributed by atoms with E-state index >= 15 is 0 Å². The predicted molar refractivity (Wildman–Crippen MR) is 86.9 cm³/mol. The number of hydrogen-bond acceptors (Lipinski definition) is 5. The minimum atomic E-state index is -0.354. The van der Waals surface area contributed by atoms with E-state index in [4.69, 9.17) is 4.42 Å². The quantitative estimate of drug-likeness (QED) is 0.483. The van der Waals surface area contributed by atoms with Gasteiger partial charge < -0.3 is 9.32 Å². The molecule has 6 heteroatoms. The van der Waals surface area contributed by atoms with Crippen molar-refractivity contribution in [3.8, 4) is 11.3 Å². The van der Waals surface area contributed by atoms with Crippen LogP contribution in [0, 0.1) is 10.1 Å². The van der Waals surface area contributed by atoms with Crippen molar-refractivity contribution in [1.82, 2.24) is 0 Å². The highest BCUT2D eigenvalue weighted by Crippen LogP contribution is 2.34. The summed E-state index contributed by atoms with van der Waals surface area (Å²) in [7, 11) is 0. The van der Waals surface area contributed by atoms with Gasteiger partial charge in [0.2, 0.25) is 0 Å². The molecule has 1 aliphatic rings. The second-order valence-electron chi connectivity index (χ2n) is 5.68. The van der Waals surface area contributed by atoms with Crippen LogP contribution in [0.3, 0.4) is 0 Å². The minimum absolute atomic E-state index is 0.0773. The van der Waals surface area contributed by atoms with Gasteiger partial charge in [0.1, 0.15) is 11.4 Å². The molecule has 1 fully saturated rings. The van der Waals surface area contributed by atoms with Crippen molar-refractivity contribution in [1.29, 1.82) is 0 Å². The third-order valence-electron chi connectivity index (χ3n) is 4.15. The lowest BCUT2D eigenvalue weighted by Crippen LogP contribution is -2.24. The molecule has 0 amide bonds. The number of benzene rings is 1. The number of carbonyl (C=O) groups excluding carboxylic acids is 1. The Hall–Kier alpha value is -2.63. The fraction of sp³-hybridized carbons (Fsp3) is 0.353. The van der Waals surface area contributed by atoms with Gasteiger partial charge in [0, 0.05) is 24.7 Å². The summed E-state index contributed by atoms with van der Waals surface area (Å²) >= 11 is 0. The number of anilines is 1. The van der Waals surface area contributed by atoms with Crippen molar-refractivity contribution in [2.75, 3.05) is 18.0 Å². The molecule has 2 aromatic rings. The van der Waals surface area contributed by atoms with E-state index in [0.717, 1.165) is 25.9 Å². The summed E-state index contributed by atoms with van der Waals surface area (Å²) in [6, 6.07) is 8.31. The van der Waals surface area contributed by atoms with Crippen LogP contribution in [0.15, 0.2) is 34.7 Å². The summed E-state index contributed by atoms with van der Waals surface area (Å²) in [4.78, 5) is 23.9. The van der Waals surface area contributed by atoms with Crippen molar-refractivity contribution in [2.45, 2.75) is 25.7 Å². The minimum Gasteiger partial charge on any atom is -0.453 e. The lowest BCUT2D eigenvalue weighted by Gasteiger charge is -2.22. The Kier molecular flexibility index (Phi) is 4.41. The van der Waals surface area contributed by atoms with Gasteiger partial charge in [-0.05, 0) is 37.1 Å². The van der Waals surface area contributed by atoms with Gasteiger partial charge in [-0.2, -0.15) is 0 Å². The number of carbonyl (C=O) groups is 1. The standard InChI is InChI=1S/C17H18N2O4/c20-12-14-6-8-17(23-14)13-5-7-15(16(11-13)19(21)22)18-9-3-1-2-4-10-18/h5-8,11-12H,1-4,9-10H2. The molecule has 0 unspecified atom stereocenters. The zero-order valence-electron chi connectivity index (χ0n) is 12.7. The van der Waals surface area contributed by atoms with Gasteiger partial charge in [0.25, 0.3) is 5.69 Å². The molecule has 2 heterocycles. The molecule has 120 valence electrons. The van der Waals surface area contributed by atoms with Crippen LogP contribution in [0.4, 0.5) is 11.4 Å². The summed E-state index contributed by atoms with van der Waals surface area (Å²) < 4.78 is 5.35. The molecule has 1 saturated heterocycles. The molecule has 0 saturated carbocycles. The third-order valence-corrected chi connectivity index (χ3v) is 4.15.